The third kappa shape index (κ3) is 5.27. The molecule has 3 nitrogen and oxygen atoms in total. The van der Waals surface area contributed by atoms with Gasteiger partial charge in [-0.1, -0.05) is 36.4 Å². The smallest absolute Gasteiger partial charge is 0.235 e. The first kappa shape index (κ1) is 18.3. The summed E-state index contributed by atoms with van der Waals surface area (Å²) in [6.07, 6.45) is 0.614. The molecule has 0 radical (unpaired) electrons. The van der Waals surface area contributed by atoms with E-state index in [-0.39, 0.29) is 11.7 Å². The Morgan fingerprint density at radius 2 is 1.83 bits per heavy atom. The van der Waals surface area contributed by atoms with Gasteiger partial charge in [-0.05, 0) is 49.1 Å². The lowest BCUT2D eigenvalue weighted by molar-refractivity contribution is -0.120. The second kappa shape index (κ2) is 8.73. The number of amides is 1. The normalized spacial score (nSPS) is 13.3. The van der Waals surface area contributed by atoms with Crippen LogP contribution in [0.25, 0.3) is 0 Å². The standard InChI is InChI=1S/C19H22FNO2S/c1-14-5-3-4-6-17(14)13-24(23)15(2)19(22)21-12-11-16-7-9-18(20)10-8-16/h3-10,15H,11-13H2,1-2H3,(H,21,22)/t15-,24-/m1/s1. The highest BCUT2D eigenvalue weighted by atomic mass is 32.2. The number of hydrogen-bond donors (Lipinski definition) is 1. The molecule has 1 N–H and O–H groups in total. The summed E-state index contributed by atoms with van der Waals surface area (Å²) in [5, 5.41) is 2.23. The number of halogens is 1. The summed E-state index contributed by atoms with van der Waals surface area (Å²) >= 11 is 0. The first-order valence-corrected chi connectivity index (χ1v) is 9.29. The minimum atomic E-state index is -1.27. The Bertz CT molecular complexity index is 716. The van der Waals surface area contributed by atoms with Gasteiger partial charge in [-0.15, -0.1) is 0 Å². The zero-order valence-electron chi connectivity index (χ0n) is 13.9. The molecule has 0 aliphatic rings. The van der Waals surface area contributed by atoms with Crippen LogP contribution in [0.15, 0.2) is 48.5 Å². The number of nitrogens with one attached hydrogen (secondary N) is 1. The molecule has 0 heterocycles. The maximum Gasteiger partial charge on any atom is 0.235 e. The van der Waals surface area contributed by atoms with Crippen molar-refractivity contribution >= 4 is 16.7 Å². The average Bonchev–Trinajstić information content (AvgIpc) is 2.58. The molecule has 2 aromatic carbocycles. The van der Waals surface area contributed by atoms with Crippen molar-refractivity contribution in [3.63, 3.8) is 0 Å². The van der Waals surface area contributed by atoms with Gasteiger partial charge in [-0.25, -0.2) is 4.39 Å². The number of carbonyl (C=O) groups is 1. The Morgan fingerprint density at radius 3 is 2.50 bits per heavy atom. The molecule has 0 aliphatic carbocycles. The second-order valence-electron chi connectivity index (χ2n) is 5.76. The van der Waals surface area contributed by atoms with E-state index in [0.29, 0.717) is 18.7 Å². The molecule has 1 amide bonds. The average molecular weight is 347 g/mol. The van der Waals surface area contributed by atoms with Crippen LogP contribution < -0.4 is 5.32 Å². The van der Waals surface area contributed by atoms with E-state index < -0.39 is 16.0 Å². The van der Waals surface area contributed by atoms with Gasteiger partial charge >= 0.3 is 0 Å². The van der Waals surface area contributed by atoms with Gasteiger partial charge in [0.2, 0.25) is 5.91 Å². The highest BCUT2D eigenvalue weighted by Crippen LogP contribution is 2.12. The largest absolute Gasteiger partial charge is 0.355 e. The number of rotatable bonds is 7. The predicted octanol–water partition coefficient (Wildman–Crippen LogP) is 3.13. The van der Waals surface area contributed by atoms with Gasteiger partial charge in [-0.3, -0.25) is 9.00 Å². The molecule has 0 aromatic heterocycles. The van der Waals surface area contributed by atoms with Crippen LogP contribution in [-0.4, -0.2) is 21.9 Å². The zero-order chi connectivity index (χ0) is 17.5. The van der Waals surface area contributed by atoms with Gasteiger partial charge in [0.05, 0.1) is 0 Å². The second-order valence-corrected chi connectivity index (χ2v) is 7.52. The van der Waals surface area contributed by atoms with Crippen molar-refractivity contribution < 1.29 is 13.4 Å². The molecule has 2 aromatic rings. The third-order valence-corrected chi connectivity index (χ3v) is 5.55. The van der Waals surface area contributed by atoms with Gasteiger partial charge in [0, 0.05) is 23.1 Å². The minimum absolute atomic E-state index is 0.218. The van der Waals surface area contributed by atoms with Gasteiger partial charge in [0.1, 0.15) is 11.1 Å². The molecule has 0 fully saturated rings. The van der Waals surface area contributed by atoms with Crippen LogP contribution in [0.2, 0.25) is 0 Å². The number of carbonyl (C=O) groups excluding carboxylic acids is 1. The SMILES string of the molecule is Cc1ccccc1C[S@@](=O)[C@H](C)C(=O)NCCc1ccc(F)cc1. The van der Waals surface area contributed by atoms with E-state index in [9.17, 15) is 13.4 Å². The van der Waals surface area contributed by atoms with E-state index in [1.165, 1.54) is 12.1 Å². The van der Waals surface area contributed by atoms with E-state index >= 15 is 0 Å². The predicted molar refractivity (Wildman–Crippen MR) is 95.6 cm³/mol. The molecule has 0 saturated carbocycles. The highest BCUT2D eigenvalue weighted by molar-refractivity contribution is 7.85. The first-order chi connectivity index (χ1) is 11.5. The highest BCUT2D eigenvalue weighted by Gasteiger charge is 2.20. The van der Waals surface area contributed by atoms with Crippen LogP contribution in [0.3, 0.4) is 0 Å². The number of aryl methyl sites for hydroxylation is 1. The van der Waals surface area contributed by atoms with Crippen LogP contribution in [0.5, 0.6) is 0 Å². The molecule has 0 aliphatic heterocycles. The van der Waals surface area contributed by atoms with Crippen molar-refractivity contribution in [2.45, 2.75) is 31.3 Å². The van der Waals surface area contributed by atoms with Crippen LogP contribution >= 0.6 is 0 Å². The van der Waals surface area contributed by atoms with Crippen molar-refractivity contribution in [3.8, 4) is 0 Å². The Hall–Kier alpha value is -2.01. The molecule has 0 bridgehead atoms. The fraction of sp³-hybridized carbons (Fsp3) is 0.316. The van der Waals surface area contributed by atoms with Gasteiger partial charge in [-0.2, -0.15) is 0 Å². The maximum absolute atomic E-state index is 12.8. The van der Waals surface area contributed by atoms with E-state index in [0.717, 1.165) is 16.7 Å². The molecule has 2 atom stereocenters. The van der Waals surface area contributed by atoms with Gasteiger partial charge in [0.15, 0.2) is 0 Å². The lowest BCUT2D eigenvalue weighted by Gasteiger charge is -2.13. The first-order valence-electron chi connectivity index (χ1n) is 7.91. The van der Waals surface area contributed by atoms with Crippen LogP contribution in [0.4, 0.5) is 4.39 Å². The monoisotopic (exact) mass is 347 g/mol. The van der Waals surface area contributed by atoms with E-state index in [1.54, 1.807) is 19.1 Å². The molecule has 24 heavy (non-hydrogen) atoms. The lowest BCUT2D eigenvalue weighted by Crippen LogP contribution is -2.37. The van der Waals surface area contributed by atoms with Gasteiger partial charge < -0.3 is 5.32 Å². The summed E-state index contributed by atoms with van der Waals surface area (Å²) < 4.78 is 25.2. The summed E-state index contributed by atoms with van der Waals surface area (Å²) in [5.74, 6) is -0.119. The molecule has 0 unspecified atom stereocenters. The van der Waals surface area contributed by atoms with Crippen molar-refractivity contribution in [1.29, 1.82) is 0 Å². The van der Waals surface area contributed by atoms with E-state index in [1.807, 2.05) is 31.2 Å². The molecular formula is C19H22FNO2S. The van der Waals surface area contributed by atoms with Crippen molar-refractivity contribution in [2.24, 2.45) is 0 Å². The Labute approximate surface area is 144 Å². The van der Waals surface area contributed by atoms with Crippen LogP contribution in [0.1, 0.15) is 23.6 Å². The third-order valence-electron chi connectivity index (χ3n) is 3.95. The topological polar surface area (TPSA) is 46.2 Å². The summed E-state index contributed by atoms with van der Waals surface area (Å²) in [7, 11) is -1.27. The van der Waals surface area contributed by atoms with Crippen molar-refractivity contribution in [3.05, 3.63) is 71.0 Å². The number of benzene rings is 2. The Balaban J connectivity index is 1.82. The zero-order valence-corrected chi connectivity index (χ0v) is 14.7. The van der Waals surface area contributed by atoms with Crippen LogP contribution in [0, 0.1) is 12.7 Å². The number of hydrogen-bond acceptors (Lipinski definition) is 2. The fourth-order valence-corrected chi connectivity index (χ4v) is 3.50. The van der Waals surface area contributed by atoms with Crippen LogP contribution in [-0.2, 0) is 27.8 Å². The minimum Gasteiger partial charge on any atom is -0.355 e. The fourth-order valence-electron chi connectivity index (χ4n) is 2.29. The Kier molecular flexibility index (Phi) is 6.67. The maximum atomic E-state index is 12.8. The van der Waals surface area contributed by atoms with Crippen molar-refractivity contribution in [1.82, 2.24) is 5.32 Å². The molecule has 0 saturated heterocycles. The molecule has 0 spiro atoms. The summed E-state index contributed by atoms with van der Waals surface area (Å²) in [6.45, 7) is 4.10. The molecule has 2 rings (SSSR count). The Morgan fingerprint density at radius 1 is 1.17 bits per heavy atom. The molecular weight excluding hydrogens is 325 g/mol. The van der Waals surface area contributed by atoms with Gasteiger partial charge in [0.25, 0.3) is 0 Å². The summed E-state index contributed by atoms with van der Waals surface area (Å²) in [6, 6.07) is 13.9. The molecule has 5 heteroatoms. The summed E-state index contributed by atoms with van der Waals surface area (Å²) in [5.41, 5.74) is 3.03. The summed E-state index contributed by atoms with van der Waals surface area (Å²) in [4.78, 5) is 12.1. The van der Waals surface area contributed by atoms with Crippen molar-refractivity contribution in [2.75, 3.05) is 6.54 Å². The quantitative estimate of drug-likeness (QED) is 0.836. The lowest BCUT2D eigenvalue weighted by atomic mass is 10.1. The van der Waals surface area contributed by atoms with E-state index in [4.69, 9.17) is 0 Å². The molecule has 128 valence electrons. The van der Waals surface area contributed by atoms with E-state index in [2.05, 4.69) is 5.32 Å².